The van der Waals surface area contributed by atoms with Crippen LogP contribution in [0.1, 0.15) is 52.0 Å². The highest BCUT2D eigenvalue weighted by Crippen LogP contribution is 2.28. The maximum absolute atomic E-state index is 12.0. The van der Waals surface area contributed by atoms with E-state index in [9.17, 15) is 4.79 Å². The largest absolute Gasteiger partial charge is 0.493 e. The highest BCUT2D eigenvalue weighted by molar-refractivity contribution is 5.81. The maximum Gasteiger partial charge on any atom is 0.261 e. The molecule has 1 aliphatic carbocycles. The summed E-state index contributed by atoms with van der Waals surface area (Å²) >= 11 is 0. The summed E-state index contributed by atoms with van der Waals surface area (Å²) in [4.78, 5) is 17.1. The second kappa shape index (κ2) is 10.8. The molecule has 0 unspecified atom stereocenters. The highest BCUT2D eigenvalue weighted by Gasteiger charge is 2.22. The van der Waals surface area contributed by atoms with Gasteiger partial charge in [0.2, 0.25) is 0 Å². The van der Waals surface area contributed by atoms with Crippen LogP contribution in [0.25, 0.3) is 0 Å². The molecule has 0 heterocycles. The first-order chi connectivity index (χ1) is 13.0. The van der Waals surface area contributed by atoms with Crippen LogP contribution in [0.2, 0.25) is 0 Å². The number of amides is 1. The second-order valence-corrected chi connectivity index (χ2v) is 7.56. The zero-order valence-corrected chi connectivity index (χ0v) is 16.9. The molecule has 2 rings (SSSR count). The summed E-state index contributed by atoms with van der Waals surface area (Å²) in [6.07, 6.45) is 6.20. The van der Waals surface area contributed by atoms with Gasteiger partial charge >= 0.3 is 0 Å². The summed E-state index contributed by atoms with van der Waals surface area (Å²) in [5.74, 6) is 2.18. The molecule has 1 saturated carbocycles. The van der Waals surface area contributed by atoms with Gasteiger partial charge in [0.25, 0.3) is 5.91 Å². The van der Waals surface area contributed by atoms with E-state index in [-0.39, 0.29) is 18.6 Å². The van der Waals surface area contributed by atoms with Crippen molar-refractivity contribution >= 4 is 12.1 Å². The smallest absolute Gasteiger partial charge is 0.261 e. The van der Waals surface area contributed by atoms with Gasteiger partial charge in [-0.05, 0) is 42.9 Å². The Bertz CT molecular complexity index is 631. The molecule has 0 spiro atoms. The Morgan fingerprint density at radius 3 is 2.78 bits per heavy atom. The first-order valence-corrected chi connectivity index (χ1v) is 9.75. The molecule has 0 radical (unpaired) electrons. The van der Waals surface area contributed by atoms with Crippen LogP contribution in [0.4, 0.5) is 0 Å². The molecule has 0 saturated heterocycles. The average Bonchev–Trinajstić information content (AvgIpc) is 2.65. The Labute approximate surface area is 162 Å². The molecule has 6 nitrogen and oxygen atoms in total. The van der Waals surface area contributed by atoms with Crippen LogP contribution in [-0.2, 0) is 9.63 Å². The summed E-state index contributed by atoms with van der Waals surface area (Å²) < 4.78 is 11.1. The van der Waals surface area contributed by atoms with E-state index in [0.717, 1.165) is 12.0 Å². The lowest BCUT2D eigenvalue weighted by molar-refractivity contribution is -0.126. The second-order valence-electron chi connectivity index (χ2n) is 7.56. The number of rotatable bonds is 9. The van der Waals surface area contributed by atoms with Crippen molar-refractivity contribution in [2.75, 3.05) is 20.3 Å². The van der Waals surface area contributed by atoms with E-state index in [0.29, 0.717) is 29.9 Å². The molecule has 0 aliphatic heterocycles. The summed E-state index contributed by atoms with van der Waals surface area (Å²) in [7, 11) is 1.60. The van der Waals surface area contributed by atoms with Crippen LogP contribution in [-0.4, -0.2) is 38.5 Å². The molecule has 27 heavy (non-hydrogen) atoms. The lowest BCUT2D eigenvalue weighted by Gasteiger charge is -2.29. The van der Waals surface area contributed by atoms with Gasteiger partial charge in [0.15, 0.2) is 18.1 Å². The maximum atomic E-state index is 12.0. The molecule has 1 amide bonds. The van der Waals surface area contributed by atoms with E-state index in [1.807, 2.05) is 18.2 Å². The van der Waals surface area contributed by atoms with Crippen molar-refractivity contribution in [2.45, 2.75) is 52.5 Å². The molecule has 150 valence electrons. The van der Waals surface area contributed by atoms with Gasteiger partial charge in [-0.3, -0.25) is 4.79 Å². The zero-order chi connectivity index (χ0) is 19.6. The average molecular weight is 376 g/mol. The fourth-order valence-corrected chi connectivity index (χ4v) is 3.11. The number of methoxy groups -OCH3 is 1. The molecule has 1 N–H and O–H groups in total. The monoisotopic (exact) mass is 376 g/mol. The number of benzene rings is 1. The van der Waals surface area contributed by atoms with E-state index in [1.54, 1.807) is 13.3 Å². The SMILES string of the molecule is COc1cc(/C=N\OCC(=O)N[C@@H]2CCCC[C@@H]2C)ccc1OCC(C)C. The molecule has 0 bridgehead atoms. The van der Waals surface area contributed by atoms with E-state index in [1.165, 1.54) is 19.3 Å². The summed E-state index contributed by atoms with van der Waals surface area (Å²) in [6, 6.07) is 5.79. The van der Waals surface area contributed by atoms with Gasteiger partial charge in [-0.2, -0.15) is 0 Å². The summed E-state index contributed by atoms with van der Waals surface area (Å²) in [5, 5.41) is 6.93. The van der Waals surface area contributed by atoms with Crippen molar-refractivity contribution in [3.63, 3.8) is 0 Å². The third-order valence-corrected chi connectivity index (χ3v) is 4.69. The minimum Gasteiger partial charge on any atom is -0.493 e. The topological polar surface area (TPSA) is 69.2 Å². The molecule has 1 aromatic carbocycles. The number of oxime groups is 1. The lowest BCUT2D eigenvalue weighted by atomic mass is 9.86. The minimum absolute atomic E-state index is 0.0769. The van der Waals surface area contributed by atoms with Gasteiger partial charge in [-0.15, -0.1) is 0 Å². The Hall–Kier alpha value is -2.24. The fraction of sp³-hybridized carbons (Fsp3) is 0.619. The third kappa shape index (κ3) is 7.12. The molecule has 1 fully saturated rings. The van der Waals surface area contributed by atoms with Gasteiger partial charge in [0.1, 0.15) is 0 Å². The van der Waals surface area contributed by atoms with Crippen molar-refractivity contribution in [3.8, 4) is 11.5 Å². The van der Waals surface area contributed by atoms with Crippen LogP contribution in [0.15, 0.2) is 23.4 Å². The van der Waals surface area contributed by atoms with Crippen LogP contribution in [0.5, 0.6) is 11.5 Å². The molecule has 1 aliphatic rings. The van der Waals surface area contributed by atoms with Gasteiger partial charge < -0.3 is 19.6 Å². The Morgan fingerprint density at radius 1 is 1.30 bits per heavy atom. The lowest BCUT2D eigenvalue weighted by Crippen LogP contribution is -2.42. The summed E-state index contributed by atoms with van der Waals surface area (Å²) in [6.45, 7) is 6.92. The van der Waals surface area contributed by atoms with Crippen molar-refractivity contribution < 1.29 is 19.1 Å². The normalized spacial score (nSPS) is 19.9. The van der Waals surface area contributed by atoms with Crippen molar-refractivity contribution in [1.29, 1.82) is 0 Å². The van der Waals surface area contributed by atoms with Crippen LogP contribution < -0.4 is 14.8 Å². The van der Waals surface area contributed by atoms with Crippen molar-refractivity contribution in [1.82, 2.24) is 5.32 Å². The first kappa shape index (κ1) is 21.1. The number of ether oxygens (including phenoxy) is 2. The Morgan fingerprint density at radius 2 is 2.07 bits per heavy atom. The van der Waals surface area contributed by atoms with Crippen LogP contribution in [0.3, 0.4) is 0 Å². The minimum atomic E-state index is -0.124. The molecular weight excluding hydrogens is 344 g/mol. The Kier molecular flexibility index (Phi) is 8.43. The van der Waals surface area contributed by atoms with Crippen molar-refractivity contribution in [2.24, 2.45) is 17.0 Å². The first-order valence-electron chi connectivity index (χ1n) is 9.75. The number of hydrogen-bond acceptors (Lipinski definition) is 5. The van der Waals surface area contributed by atoms with Crippen LogP contribution in [0, 0.1) is 11.8 Å². The number of carbonyl (C=O) groups is 1. The standard InChI is InChI=1S/C21H32N2O4/c1-15(2)13-26-19-10-9-17(11-20(19)25-4)12-22-27-14-21(24)23-18-8-6-5-7-16(18)3/h9-12,15-16,18H,5-8,13-14H2,1-4H3,(H,23,24)/b22-12-/t16-,18+/m0/s1. The predicted molar refractivity (Wildman–Crippen MR) is 106 cm³/mol. The van der Waals surface area contributed by atoms with Crippen LogP contribution >= 0.6 is 0 Å². The van der Waals surface area contributed by atoms with Gasteiger partial charge in [0, 0.05) is 11.6 Å². The van der Waals surface area contributed by atoms with Gasteiger partial charge in [-0.25, -0.2) is 0 Å². The Balaban J connectivity index is 1.80. The molecule has 1 aromatic rings. The van der Waals surface area contributed by atoms with E-state index < -0.39 is 0 Å². The highest BCUT2D eigenvalue weighted by atomic mass is 16.6. The fourth-order valence-electron chi connectivity index (χ4n) is 3.11. The van der Waals surface area contributed by atoms with E-state index >= 15 is 0 Å². The molecule has 0 aromatic heterocycles. The van der Waals surface area contributed by atoms with Gasteiger partial charge in [0.05, 0.1) is 19.9 Å². The van der Waals surface area contributed by atoms with Crippen molar-refractivity contribution in [3.05, 3.63) is 23.8 Å². The third-order valence-electron chi connectivity index (χ3n) is 4.69. The molecular formula is C21H32N2O4. The number of hydrogen-bond donors (Lipinski definition) is 1. The summed E-state index contributed by atoms with van der Waals surface area (Å²) in [5.41, 5.74) is 0.810. The number of carbonyl (C=O) groups excluding carboxylic acids is 1. The predicted octanol–water partition coefficient (Wildman–Crippen LogP) is 3.78. The van der Waals surface area contributed by atoms with E-state index in [4.69, 9.17) is 14.3 Å². The molecule has 2 atom stereocenters. The number of nitrogens with zero attached hydrogens (tertiary/aromatic N) is 1. The number of nitrogens with one attached hydrogen (secondary N) is 1. The quantitative estimate of drug-likeness (QED) is 0.526. The van der Waals surface area contributed by atoms with Gasteiger partial charge in [-0.1, -0.05) is 38.8 Å². The molecule has 6 heteroatoms. The zero-order valence-electron chi connectivity index (χ0n) is 16.9. The van der Waals surface area contributed by atoms with E-state index in [2.05, 4.69) is 31.2 Å².